The van der Waals surface area contributed by atoms with Crippen molar-refractivity contribution >= 4 is 17.5 Å². The van der Waals surface area contributed by atoms with Crippen molar-refractivity contribution < 1.29 is 27.8 Å². The smallest absolute Gasteiger partial charge is 0.387 e. The molecule has 2 amide bonds. The number of aryl methyl sites for hydroxylation is 1. The summed E-state index contributed by atoms with van der Waals surface area (Å²) in [5.41, 5.74) is 1.99. The molecule has 2 aromatic rings. The second-order valence-corrected chi connectivity index (χ2v) is 6.28. The minimum Gasteiger partial charge on any atom is -0.493 e. The average molecular weight is 406 g/mol. The molecule has 29 heavy (non-hydrogen) atoms. The Labute approximate surface area is 168 Å². The third kappa shape index (κ3) is 7.06. The zero-order valence-electron chi connectivity index (χ0n) is 16.3. The molecule has 0 aromatic heterocycles. The monoisotopic (exact) mass is 406 g/mol. The summed E-state index contributed by atoms with van der Waals surface area (Å²) in [4.78, 5) is 24.3. The molecule has 0 aliphatic rings. The Kier molecular flexibility index (Phi) is 8.39. The summed E-state index contributed by atoms with van der Waals surface area (Å²) in [6.45, 7) is -1.12. The molecule has 0 saturated carbocycles. The number of anilines is 1. The predicted molar refractivity (Wildman–Crippen MR) is 106 cm³/mol. The number of carbonyl (C=O) groups excluding carboxylic acids is 2. The number of methoxy groups -OCH3 is 1. The van der Waals surface area contributed by atoms with Crippen LogP contribution in [0.1, 0.15) is 35.7 Å². The van der Waals surface area contributed by atoms with Gasteiger partial charge in [-0.05, 0) is 48.7 Å². The number of benzene rings is 2. The first-order valence-electron chi connectivity index (χ1n) is 9.22. The molecule has 2 aromatic carbocycles. The van der Waals surface area contributed by atoms with Crippen molar-refractivity contribution in [1.29, 1.82) is 0 Å². The molecule has 0 unspecified atom stereocenters. The molecule has 0 saturated heterocycles. The van der Waals surface area contributed by atoms with Crippen LogP contribution in [0.3, 0.4) is 0 Å². The third-order valence-corrected chi connectivity index (χ3v) is 4.11. The zero-order valence-corrected chi connectivity index (χ0v) is 16.3. The fourth-order valence-corrected chi connectivity index (χ4v) is 2.61. The van der Waals surface area contributed by atoms with Gasteiger partial charge in [-0.2, -0.15) is 8.78 Å². The summed E-state index contributed by atoms with van der Waals surface area (Å²) in [7, 11) is 1.27. The minimum absolute atomic E-state index is 0.00874. The number of unbranched alkanes of at least 4 members (excludes halogenated alkanes) is 1. The number of hydrogen-bond donors (Lipinski definition) is 2. The highest BCUT2D eigenvalue weighted by atomic mass is 19.3. The highest BCUT2D eigenvalue weighted by Crippen LogP contribution is 2.29. The van der Waals surface area contributed by atoms with Gasteiger partial charge in [0.2, 0.25) is 5.91 Å². The van der Waals surface area contributed by atoms with Crippen LogP contribution in [0.5, 0.6) is 11.5 Å². The molecule has 0 bridgehead atoms. The number of hydrogen-bond acceptors (Lipinski definition) is 4. The van der Waals surface area contributed by atoms with Gasteiger partial charge in [0.1, 0.15) is 0 Å². The molecule has 8 heteroatoms. The maximum absolute atomic E-state index is 12.4. The third-order valence-electron chi connectivity index (χ3n) is 4.11. The molecule has 0 atom stereocenters. The Morgan fingerprint density at radius 3 is 2.41 bits per heavy atom. The van der Waals surface area contributed by atoms with Crippen molar-refractivity contribution in [2.75, 3.05) is 19.0 Å². The first kappa shape index (κ1) is 22.1. The summed E-state index contributed by atoms with van der Waals surface area (Å²) in [6, 6.07) is 11.3. The number of rotatable bonds is 10. The zero-order chi connectivity index (χ0) is 21.2. The number of amides is 2. The van der Waals surface area contributed by atoms with Gasteiger partial charge in [-0.1, -0.05) is 25.5 Å². The van der Waals surface area contributed by atoms with E-state index in [1.54, 1.807) is 0 Å². The highest BCUT2D eigenvalue weighted by molar-refractivity contribution is 5.99. The van der Waals surface area contributed by atoms with E-state index < -0.39 is 12.5 Å². The van der Waals surface area contributed by atoms with Crippen LogP contribution in [0, 0.1) is 0 Å². The lowest BCUT2D eigenvalue weighted by Crippen LogP contribution is -2.32. The summed E-state index contributed by atoms with van der Waals surface area (Å²) >= 11 is 0. The van der Waals surface area contributed by atoms with E-state index in [2.05, 4.69) is 22.3 Å². The molecule has 2 N–H and O–H groups in total. The van der Waals surface area contributed by atoms with Crippen LogP contribution in [-0.4, -0.2) is 32.1 Å². The van der Waals surface area contributed by atoms with Crippen molar-refractivity contribution in [3.63, 3.8) is 0 Å². The quantitative estimate of drug-likeness (QED) is 0.625. The summed E-state index contributed by atoms with van der Waals surface area (Å²) in [5.74, 6) is -1.12. The molecule has 0 aliphatic carbocycles. The lowest BCUT2D eigenvalue weighted by molar-refractivity contribution is -0.115. The lowest BCUT2D eigenvalue weighted by atomic mass is 10.1. The Bertz CT molecular complexity index is 826. The molecular formula is C21H24F2N2O4. The van der Waals surface area contributed by atoms with Gasteiger partial charge in [0.25, 0.3) is 5.91 Å². The highest BCUT2D eigenvalue weighted by Gasteiger charge is 2.15. The van der Waals surface area contributed by atoms with Crippen molar-refractivity contribution in [2.45, 2.75) is 32.8 Å². The molecule has 0 aliphatic heterocycles. The number of nitrogens with one attached hydrogen (secondary N) is 2. The van der Waals surface area contributed by atoms with Gasteiger partial charge in [0.05, 0.1) is 13.7 Å². The molecule has 0 spiro atoms. The Morgan fingerprint density at radius 1 is 1.07 bits per heavy atom. The minimum atomic E-state index is -3.01. The molecule has 0 radical (unpaired) electrons. The number of alkyl halides is 2. The van der Waals surface area contributed by atoms with Crippen molar-refractivity contribution in [1.82, 2.24) is 5.32 Å². The van der Waals surface area contributed by atoms with E-state index in [9.17, 15) is 18.4 Å². The maximum Gasteiger partial charge on any atom is 0.387 e. The van der Waals surface area contributed by atoms with E-state index in [4.69, 9.17) is 4.74 Å². The summed E-state index contributed by atoms with van der Waals surface area (Å²) < 4.78 is 34.0. The van der Waals surface area contributed by atoms with Crippen molar-refractivity contribution in [3.05, 3.63) is 53.6 Å². The van der Waals surface area contributed by atoms with E-state index in [1.165, 1.54) is 30.9 Å². The van der Waals surface area contributed by atoms with E-state index in [1.807, 2.05) is 24.3 Å². The Hall–Kier alpha value is -3.16. The van der Waals surface area contributed by atoms with Gasteiger partial charge < -0.3 is 20.1 Å². The van der Waals surface area contributed by atoms with Crippen LogP contribution < -0.4 is 20.1 Å². The first-order valence-corrected chi connectivity index (χ1v) is 9.22. The van der Waals surface area contributed by atoms with E-state index in [-0.39, 0.29) is 29.5 Å². The van der Waals surface area contributed by atoms with Crippen molar-refractivity contribution in [3.8, 4) is 11.5 Å². The Balaban J connectivity index is 1.88. The normalized spacial score (nSPS) is 10.5. The van der Waals surface area contributed by atoms with Crippen LogP contribution >= 0.6 is 0 Å². The largest absolute Gasteiger partial charge is 0.493 e. The van der Waals surface area contributed by atoms with Crippen molar-refractivity contribution in [2.24, 2.45) is 0 Å². The topological polar surface area (TPSA) is 76.7 Å². The molecule has 0 heterocycles. The van der Waals surface area contributed by atoms with Crippen LogP contribution in [0.4, 0.5) is 14.5 Å². The lowest BCUT2D eigenvalue weighted by Gasteiger charge is -2.12. The van der Waals surface area contributed by atoms with Crippen LogP contribution in [0.2, 0.25) is 0 Å². The second-order valence-electron chi connectivity index (χ2n) is 6.28. The van der Waals surface area contributed by atoms with Gasteiger partial charge in [0, 0.05) is 11.3 Å². The molecule has 2 rings (SSSR count). The van der Waals surface area contributed by atoms with Gasteiger partial charge in [-0.15, -0.1) is 0 Å². The molecule has 6 nitrogen and oxygen atoms in total. The fraction of sp³-hybridized carbons (Fsp3) is 0.333. The van der Waals surface area contributed by atoms with E-state index in [0.29, 0.717) is 5.69 Å². The van der Waals surface area contributed by atoms with Crippen LogP contribution in [-0.2, 0) is 11.2 Å². The molecular weight excluding hydrogens is 382 g/mol. The number of halogens is 2. The number of ether oxygens (including phenoxy) is 2. The van der Waals surface area contributed by atoms with Gasteiger partial charge in [-0.3, -0.25) is 9.59 Å². The average Bonchev–Trinajstić information content (AvgIpc) is 2.71. The molecule has 0 fully saturated rings. The summed E-state index contributed by atoms with van der Waals surface area (Å²) in [5, 5.41) is 5.18. The summed E-state index contributed by atoms with van der Waals surface area (Å²) in [6.07, 6.45) is 3.22. The van der Waals surface area contributed by atoms with Crippen LogP contribution in [0.25, 0.3) is 0 Å². The SMILES string of the molecule is CCCCc1ccc(NC(=O)CNC(=O)c2ccc(OC(F)F)c(OC)c2)cc1. The van der Waals surface area contributed by atoms with Gasteiger partial charge >= 0.3 is 6.61 Å². The maximum atomic E-state index is 12.4. The van der Waals surface area contributed by atoms with E-state index in [0.717, 1.165) is 19.3 Å². The number of carbonyl (C=O) groups is 2. The van der Waals surface area contributed by atoms with E-state index >= 15 is 0 Å². The fourth-order valence-electron chi connectivity index (χ4n) is 2.61. The molecule has 156 valence electrons. The standard InChI is InChI=1S/C21H24F2N2O4/c1-3-4-5-14-6-9-16(10-7-14)25-19(26)13-24-20(27)15-8-11-17(29-21(22)23)18(12-15)28-2/h6-12,21H,3-5,13H2,1-2H3,(H,24,27)(H,25,26). The predicted octanol–water partition coefficient (Wildman–Crippen LogP) is 4.01. The van der Waals surface area contributed by atoms with Gasteiger partial charge in [-0.25, -0.2) is 0 Å². The van der Waals surface area contributed by atoms with Crippen LogP contribution in [0.15, 0.2) is 42.5 Å². The first-order chi connectivity index (χ1) is 13.9. The Morgan fingerprint density at radius 2 is 1.79 bits per heavy atom. The second kappa shape index (κ2) is 11.0. The van der Waals surface area contributed by atoms with Gasteiger partial charge in [0.15, 0.2) is 11.5 Å².